The van der Waals surface area contributed by atoms with E-state index in [0.717, 1.165) is 12.8 Å². The first kappa shape index (κ1) is 22.6. The van der Waals surface area contributed by atoms with Crippen LogP contribution in [0.2, 0.25) is 0 Å². The molecule has 0 N–H and O–H groups in total. The summed E-state index contributed by atoms with van der Waals surface area (Å²) in [6.07, 6.45) is 15.3. The number of hydrogen-bond donors (Lipinski definition) is 0. The molecule has 0 aliphatic heterocycles. The molecule has 0 spiro atoms. The van der Waals surface area contributed by atoms with Gasteiger partial charge in [0.15, 0.2) is 0 Å². The molecule has 1 fully saturated rings. The quantitative estimate of drug-likeness (QED) is 0.227. The molecular weight excluding hydrogens is 368 g/mol. The SMILES string of the molecule is CCCCCCC1(c2ccc(OC(=O)c3ccc(CCC)cc3)cc2)CCCCC1. The Hall–Kier alpha value is -2.09. The van der Waals surface area contributed by atoms with E-state index in [1.54, 1.807) is 0 Å². The zero-order valence-corrected chi connectivity index (χ0v) is 18.9. The monoisotopic (exact) mass is 406 g/mol. The molecule has 0 unspecified atom stereocenters. The lowest BCUT2D eigenvalue weighted by atomic mass is 9.66. The summed E-state index contributed by atoms with van der Waals surface area (Å²) in [5.41, 5.74) is 3.63. The van der Waals surface area contributed by atoms with Crippen LogP contribution in [0, 0.1) is 0 Å². The molecule has 0 saturated heterocycles. The van der Waals surface area contributed by atoms with Crippen molar-refractivity contribution in [1.82, 2.24) is 0 Å². The van der Waals surface area contributed by atoms with Gasteiger partial charge in [-0.25, -0.2) is 4.79 Å². The van der Waals surface area contributed by atoms with Gasteiger partial charge >= 0.3 is 5.97 Å². The number of carbonyl (C=O) groups excluding carboxylic acids is 1. The van der Waals surface area contributed by atoms with Gasteiger partial charge < -0.3 is 4.74 Å². The predicted molar refractivity (Wildman–Crippen MR) is 125 cm³/mol. The summed E-state index contributed by atoms with van der Waals surface area (Å²) < 4.78 is 5.65. The number of unbranched alkanes of at least 4 members (excludes halogenated alkanes) is 3. The van der Waals surface area contributed by atoms with E-state index in [0.29, 0.717) is 16.7 Å². The molecule has 2 nitrogen and oxygen atoms in total. The second kappa shape index (κ2) is 11.3. The zero-order chi connectivity index (χ0) is 21.2. The topological polar surface area (TPSA) is 26.3 Å². The van der Waals surface area contributed by atoms with Gasteiger partial charge in [0.1, 0.15) is 5.75 Å². The summed E-state index contributed by atoms with van der Waals surface area (Å²) in [7, 11) is 0. The van der Waals surface area contributed by atoms with Gasteiger partial charge in [0, 0.05) is 0 Å². The van der Waals surface area contributed by atoms with Crippen LogP contribution in [0.15, 0.2) is 48.5 Å². The van der Waals surface area contributed by atoms with E-state index in [9.17, 15) is 4.79 Å². The van der Waals surface area contributed by atoms with Gasteiger partial charge in [-0.05, 0) is 66.5 Å². The number of carbonyl (C=O) groups is 1. The molecule has 2 heteroatoms. The maximum Gasteiger partial charge on any atom is 0.343 e. The molecule has 0 atom stereocenters. The lowest BCUT2D eigenvalue weighted by Gasteiger charge is -2.38. The highest BCUT2D eigenvalue weighted by molar-refractivity contribution is 5.91. The smallest absolute Gasteiger partial charge is 0.343 e. The Morgan fingerprint density at radius 2 is 1.53 bits per heavy atom. The van der Waals surface area contributed by atoms with Crippen LogP contribution >= 0.6 is 0 Å². The van der Waals surface area contributed by atoms with Crippen molar-refractivity contribution in [2.75, 3.05) is 0 Å². The lowest BCUT2D eigenvalue weighted by molar-refractivity contribution is 0.0734. The Morgan fingerprint density at radius 1 is 0.833 bits per heavy atom. The van der Waals surface area contributed by atoms with E-state index < -0.39 is 0 Å². The van der Waals surface area contributed by atoms with Gasteiger partial charge in [0.2, 0.25) is 0 Å². The molecule has 0 bridgehead atoms. The minimum absolute atomic E-state index is 0.280. The maximum atomic E-state index is 12.5. The molecule has 1 saturated carbocycles. The average molecular weight is 407 g/mol. The summed E-state index contributed by atoms with van der Waals surface area (Å²) in [6, 6.07) is 16.2. The fourth-order valence-electron chi connectivity index (χ4n) is 4.94. The number of benzene rings is 2. The molecule has 0 radical (unpaired) electrons. The summed E-state index contributed by atoms with van der Waals surface area (Å²) in [4.78, 5) is 12.5. The van der Waals surface area contributed by atoms with Crippen molar-refractivity contribution >= 4 is 5.97 Å². The molecule has 0 amide bonds. The summed E-state index contributed by atoms with van der Waals surface area (Å²) in [6.45, 7) is 4.43. The number of aryl methyl sites for hydroxylation is 1. The van der Waals surface area contributed by atoms with Crippen molar-refractivity contribution in [3.05, 3.63) is 65.2 Å². The average Bonchev–Trinajstić information content (AvgIpc) is 2.78. The van der Waals surface area contributed by atoms with E-state index in [-0.39, 0.29) is 5.97 Å². The van der Waals surface area contributed by atoms with Crippen molar-refractivity contribution in [3.8, 4) is 5.75 Å². The molecular formula is C28H38O2. The minimum Gasteiger partial charge on any atom is -0.423 e. The van der Waals surface area contributed by atoms with Crippen LogP contribution in [0.5, 0.6) is 5.75 Å². The van der Waals surface area contributed by atoms with Crippen LogP contribution in [0.4, 0.5) is 0 Å². The third-order valence-corrected chi connectivity index (χ3v) is 6.73. The first-order chi connectivity index (χ1) is 14.7. The predicted octanol–water partition coefficient (Wildman–Crippen LogP) is 8.03. The molecule has 0 heterocycles. The van der Waals surface area contributed by atoms with Crippen molar-refractivity contribution in [2.24, 2.45) is 0 Å². The molecule has 0 aromatic heterocycles. The highest BCUT2D eigenvalue weighted by Crippen LogP contribution is 2.43. The highest BCUT2D eigenvalue weighted by Gasteiger charge is 2.33. The Kier molecular flexibility index (Phi) is 8.54. The Balaban J connectivity index is 1.65. The molecule has 162 valence electrons. The van der Waals surface area contributed by atoms with E-state index in [2.05, 4.69) is 26.0 Å². The van der Waals surface area contributed by atoms with Crippen LogP contribution in [0.1, 0.15) is 106 Å². The molecule has 1 aliphatic carbocycles. The Bertz CT molecular complexity index is 767. The standard InChI is InChI=1S/C28H38O2/c1-3-5-6-8-20-28(21-9-7-10-22-28)25-16-18-26(19-17-25)30-27(29)24-14-12-23(11-4-2)13-15-24/h12-19H,3-11,20-22H2,1-2H3. The van der Waals surface area contributed by atoms with E-state index in [4.69, 9.17) is 4.74 Å². The van der Waals surface area contributed by atoms with Gasteiger partial charge in [-0.1, -0.05) is 89.5 Å². The van der Waals surface area contributed by atoms with Crippen LogP contribution in [-0.2, 0) is 11.8 Å². The molecule has 1 aliphatic rings. The second-order valence-corrected chi connectivity index (χ2v) is 9.01. The molecule has 2 aromatic carbocycles. The first-order valence-electron chi connectivity index (χ1n) is 12.1. The van der Waals surface area contributed by atoms with E-state index >= 15 is 0 Å². The van der Waals surface area contributed by atoms with Gasteiger partial charge in [0.25, 0.3) is 0 Å². The Morgan fingerprint density at radius 3 is 2.17 bits per heavy atom. The molecule has 30 heavy (non-hydrogen) atoms. The number of ether oxygens (including phenoxy) is 1. The molecule has 3 rings (SSSR count). The summed E-state index contributed by atoms with van der Waals surface area (Å²) in [5.74, 6) is 0.357. The second-order valence-electron chi connectivity index (χ2n) is 9.01. The van der Waals surface area contributed by atoms with Gasteiger partial charge in [-0.2, -0.15) is 0 Å². The van der Waals surface area contributed by atoms with Gasteiger partial charge in [-0.3, -0.25) is 0 Å². The highest BCUT2D eigenvalue weighted by atomic mass is 16.5. The van der Waals surface area contributed by atoms with Crippen LogP contribution in [0.25, 0.3) is 0 Å². The minimum atomic E-state index is -0.280. The Labute approximate surface area is 183 Å². The lowest BCUT2D eigenvalue weighted by Crippen LogP contribution is -2.29. The molecule has 2 aromatic rings. The third-order valence-electron chi connectivity index (χ3n) is 6.73. The number of hydrogen-bond acceptors (Lipinski definition) is 2. The van der Waals surface area contributed by atoms with Crippen LogP contribution < -0.4 is 4.74 Å². The van der Waals surface area contributed by atoms with Crippen molar-refractivity contribution in [3.63, 3.8) is 0 Å². The van der Waals surface area contributed by atoms with Gasteiger partial charge in [0.05, 0.1) is 5.56 Å². The largest absolute Gasteiger partial charge is 0.423 e. The fourth-order valence-corrected chi connectivity index (χ4v) is 4.94. The van der Waals surface area contributed by atoms with Crippen molar-refractivity contribution < 1.29 is 9.53 Å². The zero-order valence-electron chi connectivity index (χ0n) is 18.9. The summed E-state index contributed by atoms with van der Waals surface area (Å²) in [5, 5.41) is 0. The van der Waals surface area contributed by atoms with Gasteiger partial charge in [-0.15, -0.1) is 0 Å². The number of rotatable bonds is 10. The first-order valence-corrected chi connectivity index (χ1v) is 12.1. The van der Waals surface area contributed by atoms with Crippen molar-refractivity contribution in [2.45, 2.75) is 96.3 Å². The third kappa shape index (κ3) is 5.97. The van der Waals surface area contributed by atoms with E-state index in [1.165, 1.54) is 75.3 Å². The van der Waals surface area contributed by atoms with Crippen LogP contribution in [0.3, 0.4) is 0 Å². The van der Waals surface area contributed by atoms with Crippen LogP contribution in [-0.4, -0.2) is 5.97 Å². The van der Waals surface area contributed by atoms with E-state index in [1.807, 2.05) is 36.4 Å². The number of esters is 1. The summed E-state index contributed by atoms with van der Waals surface area (Å²) >= 11 is 0. The maximum absolute atomic E-state index is 12.5. The fraction of sp³-hybridized carbons (Fsp3) is 0.536. The normalized spacial score (nSPS) is 15.7. The van der Waals surface area contributed by atoms with Crippen molar-refractivity contribution in [1.29, 1.82) is 0 Å².